The molecule has 0 aliphatic carbocycles. The Kier molecular flexibility index (Phi) is 7.43. The van der Waals surface area contributed by atoms with Gasteiger partial charge in [-0.1, -0.05) is 120 Å². The van der Waals surface area contributed by atoms with Crippen molar-refractivity contribution in [1.82, 2.24) is 0 Å². The standard InChI is InChI=1S/C53H43BN2S3/c1-30-27-41-47-42(28-30)56(40-25-24-36(53(5,6)7)46-34-16-9-13-22-44(34)58-50(40)46)48-35-29-31(52(2,3)4)23-26-45(35)59-51(48)54(47)37-18-10-11-19-38(37)55(41)39-20-14-17-33-32-15-8-12-21-43(32)57-49(33)39/h8-29H,1-7H3. The van der Waals surface area contributed by atoms with E-state index >= 15 is 0 Å². The van der Waals surface area contributed by atoms with Gasteiger partial charge in [0.25, 0.3) is 6.71 Å². The highest BCUT2D eigenvalue weighted by molar-refractivity contribution is 7.34. The Morgan fingerprint density at radius 2 is 1.10 bits per heavy atom. The van der Waals surface area contributed by atoms with Crippen molar-refractivity contribution in [2.24, 2.45) is 0 Å². The molecule has 10 aromatic rings. The van der Waals surface area contributed by atoms with Crippen LogP contribution in [0, 0.1) is 6.92 Å². The first kappa shape index (κ1) is 35.5. The van der Waals surface area contributed by atoms with Gasteiger partial charge < -0.3 is 9.80 Å². The lowest BCUT2D eigenvalue weighted by molar-refractivity contribution is 0.591. The van der Waals surface area contributed by atoms with Crippen LogP contribution in [0.3, 0.4) is 0 Å². The minimum absolute atomic E-state index is 0.0167. The van der Waals surface area contributed by atoms with Gasteiger partial charge in [-0.3, -0.25) is 0 Å². The molecule has 0 unspecified atom stereocenters. The number of thiophene rings is 3. The van der Waals surface area contributed by atoms with E-state index in [4.69, 9.17) is 0 Å². The zero-order valence-corrected chi connectivity index (χ0v) is 36.8. The van der Waals surface area contributed by atoms with Gasteiger partial charge in [-0.25, -0.2) is 0 Å². The summed E-state index contributed by atoms with van der Waals surface area (Å²) in [7, 11) is 0. The Morgan fingerprint density at radius 3 is 1.88 bits per heavy atom. The van der Waals surface area contributed by atoms with E-state index < -0.39 is 0 Å². The zero-order valence-electron chi connectivity index (χ0n) is 34.4. The second kappa shape index (κ2) is 12.3. The summed E-state index contributed by atoms with van der Waals surface area (Å²) >= 11 is 5.85. The van der Waals surface area contributed by atoms with E-state index in [0.717, 1.165) is 0 Å². The van der Waals surface area contributed by atoms with Crippen LogP contribution in [0.15, 0.2) is 133 Å². The summed E-state index contributed by atoms with van der Waals surface area (Å²) in [6.45, 7) is 16.5. The Hall–Kier alpha value is -5.40. The summed E-state index contributed by atoms with van der Waals surface area (Å²) in [5, 5.41) is 6.72. The quantitative estimate of drug-likeness (QED) is 0.160. The van der Waals surface area contributed by atoms with E-state index in [9.17, 15) is 0 Å². The van der Waals surface area contributed by atoms with Gasteiger partial charge in [0, 0.05) is 62.9 Å². The molecule has 5 heterocycles. The molecule has 0 atom stereocenters. The van der Waals surface area contributed by atoms with Crippen LogP contribution >= 0.6 is 34.0 Å². The van der Waals surface area contributed by atoms with E-state index in [0.29, 0.717) is 0 Å². The molecule has 2 aliphatic heterocycles. The molecule has 0 radical (unpaired) electrons. The van der Waals surface area contributed by atoms with E-state index in [1.165, 1.54) is 117 Å². The van der Waals surface area contributed by atoms with E-state index in [1.54, 1.807) is 0 Å². The molecule has 3 aromatic heterocycles. The number of para-hydroxylation sites is 1. The molecule has 12 rings (SSSR count). The molecular weight excluding hydrogens is 772 g/mol. The Morgan fingerprint density at radius 1 is 0.475 bits per heavy atom. The number of aryl methyl sites for hydroxylation is 1. The molecule has 0 saturated carbocycles. The first-order valence-electron chi connectivity index (χ1n) is 20.7. The van der Waals surface area contributed by atoms with Crippen LogP contribution in [-0.2, 0) is 10.8 Å². The number of hydrogen-bond donors (Lipinski definition) is 0. The summed E-state index contributed by atoms with van der Waals surface area (Å²) in [5.74, 6) is 0. The zero-order chi connectivity index (χ0) is 40.1. The van der Waals surface area contributed by atoms with Crippen molar-refractivity contribution in [3.63, 3.8) is 0 Å². The summed E-state index contributed by atoms with van der Waals surface area (Å²) in [4.78, 5) is 5.29. The van der Waals surface area contributed by atoms with Gasteiger partial charge in [-0.15, -0.1) is 34.0 Å². The van der Waals surface area contributed by atoms with E-state index in [-0.39, 0.29) is 17.5 Å². The Labute approximate surface area is 358 Å². The fourth-order valence-corrected chi connectivity index (χ4v) is 13.8. The largest absolute Gasteiger partial charge is 0.310 e. The van der Waals surface area contributed by atoms with Gasteiger partial charge in [0.1, 0.15) is 0 Å². The topological polar surface area (TPSA) is 6.48 Å². The van der Waals surface area contributed by atoms with Crippen LogP contribution in [-0.4, -0.2) is 6.71 Å². The Bertz CT molecular complexity index is 3410. The molecule has 59 heavy (non-hydrogen) atoms. The molecule has 7 aromatic carbocycles. The molecule has 2 nitrogen and oxygen atoms in total. The normalized spacial score (nSPS) is 13.9. The van der Waals surface area contributed by atoms with Crippen LogP contribution in [0.5, 0.6) is 0 Å². The molecule has 286 valence electrons. The maximum absolute atomic E-state index is 2.69. The van der Waals surface area contributed by atoms with Crippen molar-refractivity contribution >= 4 is 141 Å². The molecule has 0 N–H and O–H groups in total. The molecule has 2 aliphatic rings. The minimum Gasteiger partial charge on any atom is -0.310 e. The SMILES string of the molecule is Cc1cc2c3c(c1)N(c1ccc(C(C)(C)C)c4c1sc1ccccc14)c1c(sc4ccc(C(C)(C)C)cc14)B3c1ccccc1N2c1cccc2c1sc1ccccc12. The fraction of sp³-hybridized carbons (Fsp3) is 0.170. The van der Waals surface area contributed by atoms with Crippen molar-refractivity contribution in [3.8, 4) is 0 Å². The maximum atomic E-state index is 2.69. The third kappa shape index (κ3) is 5.03. The highest BCUT2D eigenvalue weighted by atomic mass is 32.1. The second-order valence-electron chi connectivity index (χ2n) is 18.6. The predicted octanol–water partition coefficient (Wildman–Crippen LogP) is 14.6. The highest BCUT2D eigenvalue weighted by Crippen LogP contribution is 2.54. The minimum atomic E-state index is -0.0181. The summed E-state index contributed by atoms with van der Waals surface area (Å²) in [5.41, 5.74) is 14.4. The molecule has 0 amide bonds. The summed E-state index contributed by atoms with van der Waals surface area (Å²) < 4.78 is 8.10. The highest BCUT2D eigenvalue weighted by Gasteiger charge is 2.46. The molecule has 0 saturated heterocycles. The van der Waals surface area contributed by atoms with Gasteiger partial charge in [0.05, 0.1) is 26.5 Å². The number of rotatable bonds is 2. The second-order valence-corrected chi connectivity index (χ2v) is 21.8. The number of fused-ring (bicyclic) bond motifs is 12. The predicted molar refractivity (Wildman–Crippen MR) is 264 cm³/mol. The van der Waals surface area contributed by atoms with Crippen LogP contribution in [0.1, 0.15) is 58.2 Å². The van der Waals surface area contributed by atoms with Crippen molar-refractivity contribution in [1.29, 1.82) is 0 Å². The third-order valence-corrected chi connectivity index (χ3v) is 16.4. The molecule has 0 spiro atoms. The smallest absolute Gasteiger partial charge is 0.264 e. The Balaban J connectivity index is 1.22. The fourth-order valence-electron chi connectivity index (χ4n) is 10.1. The van der Waals surface area contributed by atoms with Gasteiger partial charge in [-0.05, 0) is 100.0 Å². The van der Waals surface area contributed by atoms with E-state index in [2.05, 4.69) is 192 Å². The average Bonchev–Trinajstić information content (AvgIpc) is 3.91. The van der Waals surface area contributed by atoms with Crippen molar-refractivity contribution in [3.05, 3.63) is 150 Å². The van der Waals surface area contributed by atoms with Gasteiger partial charge >= 0.3 is 0 Å². The van der Waals surface area contributed by atoms with Gasteiger partial charge in [0.2, 0.25) is 0 Å². The third-order valence-electron chi connectivity index (χ3n) is 12.8. The lowest BCUT2D eigenvalue weighted by atomic mass is 9.36. The van der Waals surface area contributed by atoms with Crippen molar-refractivity contribution in [2.75, 3.05) is 9.80 Å². The summed E-state index contributed by atoms with van der Waals surface area (Å²) in [6.07, 6.45) is 0. The maximum Gasteiger partial charge on any atom is 0.264 e. The molecular formula is C53H43BN2S3. The monoisotopic (exact) mass is 814 g/mol. The average molecular weight is 815 g/mol. The van der Waals surface area contributed by atoms with Crippen molar-refractivity contribution < 1.29 is 0 Å². The van der Waals surface area contributed by atoms with Crippen molar-refractivity contribution in [2.45, 2.75) is 59.3 Å². The first-order valence-corrected chi connectivity index (χ1v) is 23.2. The summed E-state index contributed by atoms with van der Waals surface area (Å²) in [6, 6.07) is 51.1. The molecule has 6 heteroatoms. The molecule has 0 bridgehead atoms. The number of hydrogen-bond acceptors (Lipinski definition) is 5. The first-order chi connectivity index (χ1) is 28.5. The van der Waals surface area contributed by atoms with E-state index in [1.807, 2.05) is 34.0 Å². The number of benzene rings is 7. The number of anilines is 6. The van der Waals surface area contributed by atoms with Crippen LogP contribution in [0.25, 0.3) is 50.4 Å². The van der Waals surface area contributed by atoms with Crippen LogP contribution < -0.4 is 25.5 Å². The lowest BCUT2D eigenvalue weighted by Gasteiger charge is -2.43. The number of nitrogens with zero attached hydrogens (tertiary/aromatic N) is 2. The van der Waals surface area contributed by atoms with Gasteiger partial charge in [0.15, 0.2) is 0 Å². The van der Waals surface area contributed by atoms with Gasteiger partial charge in [-0.2, -0.15) is 0 Å². The molecule has 0 fully saturated rings. The van der Waals surface area contributed by atoms with Crippen LogP contribution in [0.2, 0.25) is 0 Å². The lowest BCUT2D eigenvalue weighted by Crippen LogP contribution is -2.60. The van der Waals surface area contributed by atoms with Crippen LogP contribution in [0.4, 0.5) is 34.1 Å².